The van der Waals surface area contributed by atoms with Crippen LogP contribution in [-0.4, -0.2) is 84.3 Å². The minimum atomic E-state index is -3.51. The van der Waals surface area contributed by atoms with Gasteiger partial charge < -0.3 is 14.2 Å². The second-order valence-corrected chi connectivity index (χ2v) is 10.7. The highest BCUT2D eigenvalue weighted by Gasteiger charge is 2.27. The number of sulfonamides is 1. The molecule has 0 aromatic carbocycles. The molecule has 172 valence electrons. The van der Waals surface area contributed by atoms with Crippen LogP contribution in [-0.2, 0) is 14.8 Å². The van der Waals surface area contributed by atoms with Crippen LogP contribution in [0.15, 0.2) is 51.1 Å². The smallest absolute Gasteiger partial charge is 0.289 e. The molecule has 0 radical (unpaired) electrons. The molecule has 4 heterocycles. The third-order valence-corrected chi connectivity index (χ3v) is 8.47. The minimum absolute atomic E-state index is 0.0353. The maximum absolute atomic E-state index is 12.7. The van der Waals surface area contributed by atoms with Crippen LogP contribution in [0.25, 0.3) is 0 Å². The Morgan fingerprint density at radius 3 is 2.31 bits per heavy atom. The second-order valence-electron chi connectivity index (χ2n) is 7.74. The van der Waals surface area contributed by atoms with Gasteiger partial charge in [-0.15, -0.1) is 0 Å². The van der Waals surface area contributed by atoms with Crippen LogP contribution < -0.4 is 0 Å². The Labute approximate surface area is 191 Å². The van der Waals surface area contributed by atoms with Gasteiger partial charge in [-0.2, -0.15) is 4.31 Å². The van der Waals surface area contributed by atoms with E-state index in [1.54, 1.807) is 34.1 Å². The lowest BCUT2D eigenvalue weighted by Gasteiger charge is -2.34. The Morgan fingerprint density at radius 2 is 1.69 bits per heavy atom. The van der Waals surface area contributed by atoms with E-state index in [-0.39, 0.29) is 22.5 Å². The van der Waals surface area contributed by atoms with E-state index in [2.05, 4.69) is 4.98 Å². The van der Waals surface area contributed by atoms with Crippen molar-refractivity contribution in [3.63, 3.8) is 0 Å². The van der Waals surface area contributed by atoms with Crippen molar-refractivity contribution in [1.29, 1.82) is 0 Å². The van der Waals surface area contributed by atoms with Gasteiger partial charge in [-0.1, -0.05) is 18.2 Å². The highest BCUT2D eigenvalue weighted by atomic mass is 32.2. The number of hydrogen-bond donors (Lipinski definition) is 0. The average Bonchev–Trinajstić information content (AvgIpc) is 3.38. The molecular formula is C21H26N4O5S2. The number of piperidine rings is 1. The molecule has 9 nitrogen and oxygen atoms in total. The predicted molar refractivity (Wildman–Crippen MR) is 119 cm³/mol. The van der Waals surface area contributed by atoms with Crippen molar-refractivity contribution < 1.29 is 22.4 Å². The quantitative estimate of drug-likeness (QED) is 0.584. The number of rotatable bonds is 6. The van der Waals surface area contributed by atoms with Crippen molar-refractivity contribution in [3.05, 3.63) is 42.5 Å². The Balaban J connectivity index is 1.26. The van der Waals surface area contributed by atoms with Crippen molar-refractivity contribution in [2.45, 2.75) is 29.2 Å². The van der Waals surface area contributed by atoms with Crippen molar-refractivity contribution in [2.24, 2.45) is 0 Å². The molecule has 2 saturated heterocycles. The number of nitrogens with zero attached hydrogens (tertiary/aromatic N) is 4. The van der Waals surface area contributed by atoms with Gasteiger partial charge in [-0.3, -0.25) is 9.59 Å². The molecule has 0 unspecified atom stereocenters. The van der Waals surface area contributed by atoms with E-state index >= 15 is 0 Å². The van der Waals surface area contributed by atoms with Gasteiger partial charge in [0.15, 0.2) is 5.76 Å². The highest BCUT2D eigenvalue weighted by Crippen LogP contribution is 2.23. The molecule has 2 aromatic heterocycles. The first kappa shape index (κ1) is 22.8. The minimum Gasteiger partial charge on any atom is -0.459 e. The molecule has 4 rings (SSSR count). The van der Waals surface area contributed by atoms with Gasteiger partial charge in [0.05, 0.1) is 17.0 Å². The van der Waals surface area contributed by atoms with Crippen LogP contribution in [0.2, 0.25) is 0 Å². The van der Waals surface area contributed by atoms with Crippen LogP contribution in [0.1, 0.15) is 29.8 Å². The zero-order valence-corrected chi connectivity index (χ0v) is 19.3. The molecule has 2 fully saturated rings. The van der Waals surface area contributed by atoms with Gasteiger partial charge >= 0.3 is 0 Å². The second kappa shape index (κ2) is 10.1. The Bertz CT molecular complexity index is 1030. The fourth-order valence-corrected chi connectivity index (χ4v) is 6.01. The monoisotopic (exact) mass is 478 g/mol. The molecule has 0 bridgehead atoms. The largest absolute Gasteiger partial charge is 0.459 e. The van der Waals surface area contributed by atoms with E-state index in [9.17, 15) is 18.0 Å². The Hall–Kier alpha value is -2.37. The molecule has 0 N–H and O–H groups in total. The lowest BCUT2D eigenvalue weighted by molar-refractivity contribution is -0.129. The van der Waals surface area contributed by atoms with E-state index in [1.807, 2.05) is 0 Å². The summed E-state index contributed by atoms with van der Waals surface area (Å²) < 4.78 is 32.1. The normalized spacial score (nSPS) is 18.0. The number of pyridine rings is 1. The Morgan fingerprint density at radius 1 is 0.969 bits per heavy atom. The third kappa shape index (κ3) is 5.16. The standard InChI is InChI=1S/C21H26N4O5S2/c26-20(23-10-12-24(13-11-23)21(27)18-5-4-14-30-18)16-31-19-7-6-17(15-22-19)32(28,29)25-8-2-1-3-9-25/h4-7,14-15H,1-3,8-13,16H2. The van der Waals surface area contributed by atoms with Gasteiger partial charge in [0.25, 0.3) is 5.91 Å². The van der Waals surface area contributed by atoms with Crippen molar-refractivity contribution >= 4 is 33.6 Å². The molecule has 11 heteroatoms. The number of aromatic nitrogens is 1. The topological polar surface area (TPSA) is 104 Å². The van der Waals surface area contributed by atoms with Crippen LogP contribution in [0.3, 0.4) is 0 Å². The highest BCUT2D eigenvalue weighted by molar-refractivity contribution is 7.99. The van der Waals surface area contributed by atoms with Gasteiger partial charge in [-0.25, -0.2) is 13.4 Å². The number of hydrogen-bond acceptors (Lipinski definition) is 7. The summed E-state index contributed by atoms with van der Waals surface area (Å²) in [5.41, 5.74) is 0. The zero-order valence-electron chi connectivity index (χ0n) is 17.7. The van der Waals surface area contributed by atoms with E-state index in [1.165, 1.54) is 28.5 Å². The number of carbonyl (C=O) groups excluding carboxylic acids is 2. The van der Waals surface area contributed by atoms with Crippen molar-refractivity contribution in [2.75, 3.05) is 45.0 Å². The van der Waals surface area contributed by atoms with Crippen LogP contribution in [0.5, 0.6) is 0 Å². The average molecular weight is 479 g/mol. The molecule has 0 spiro atoms. The number of thioether (sulfide) groups is 1. The lowest BCUT2D eigenvalue weighted by atomic mass is 10.2. The summed E-state index contributed by atoms with van der Waals surface area (Å²) in [6.45, 7) is 2.94. The summed E-state index contributed by atoms with van der Waals surface area (Å²) >= 11 is 1.28. The summed E-state index contributed by atoms with van der Waals surface area (Å²) in [4.78, 5) is 32.7. The van der Waals surface area contributed by atoms with E-state index in [4.69, 9.17) is 4.42 Å². The Kier molecular flexibility index (Phi) is 7.17. The summed E-state index contributed by atoms with van der Waals surface area (Å²) in [5.74, 6) is 0.307. The maximum atomic E-state index is 12.7. The van der Waals surface area contributed by atoms with E-state index < -0.39 is 10.0 Å². The molecule has 0 atom stereocenters. The van der Waals surface area contributed by atoms with Gasteiger partial charge in [0.1, 0.15) is 4.90 Å². The molecular weight excluding hydrogens is 452 g/mol. The first-order valence-electron chi connectivity index (χ1n) is 10.6. The lowest BCUT2D eigenvalue weighted by Crippen LogP contribution is -2.51. The van der Waals surface area contributed by atoms with E-state index in [0.717, 1.165) is 19.3 Å². The third-order valence-electron chi connectivity index (χ3n) is 5.66. The summed E-state index contributed by atoms with van der Waals surface area (Å²) in [6, 6.07) is 6.51. The first-order valence-corrected chi connectivity index (χ1v) is 13.1. The van der Waals surface area contributed by atoms with E-state index in [0.29, 0.717) is 50.1 Å². The van der Waals surface area contributed by atoms with Crippen LogP contribution in [0, 0.1) is 0 Å². The summed E-state index contributed by atoms with van der Waals surface area (Å²) in [6.07, 6.45) is 5.66. The molecule has 2 aliphatic heterocycles. The number of piperazine rings is 1. The van der Waals surface area contributed by atoms with Gasteiger partial charge in [0, 0.05) is 45.5 Å². The van der Waals surface area contributed by atoms with Crippen molar-refractivity contribution in [3.8, 4) is 0 Å². The molecule has 2 aromatic rings. The fourth-order valence-electron chi connectivity index (χ4n) is 3.80. The summed E-state index contributed by atoms with van der Waals surface area (Å²) in [5, 5.41) is 0.600. The molecule has 2 amide bonds. The molecule has 0 saturated carbocycles. The first-order chi connectivity index (χ1) is 15.4. The SMILES string of the molecule is O=C(CSc1ccc(S(=O)(=O)N2CCCCC2)cn1)N1CCN(C(=O)c2ccco2)CC1. The van der Waals surface area contributed by atoms with Crippen LogP contribution in [0.4, 0.5) is 0 Å². The maximum Gasteiger partial charge on any atom is 0.289 e. The summed E-state index contributed by atoms with van der Waals surface area (Å²) in [7, 11) is -3.51. The zero-order chi connectivity index (χ0) is 22.6. The molecule has 32 heavy (non-hydrogen) atoms. The van der Waals surface area contributed by atoms with Gasteiger partial charge in [0.2, 0.25) is 15.9 Å². The van der Waals surface area contributed by atoms with Gasteiger partial charge in [-0.05, 0) is 37.1 Å². The molecule has 0 aliphatic carbocycles. The van der Waals surface area contributed by atoms with Crippen LogP contribution >= 0.6 is 11.8 Å². The fraction of sp³-hybridized carbons (Fsp3) is 0.476. The van der Waals surface area contributed by atoms with Crippen molar-refractivity contribution in [1.82, 2.24) is 19.1 Å². The molecule has 2 aliphatic rings. The number of carbonyl (C=O) groups is 2. The number of furan rings is 1. The number of amides is 2. The predicted octanol–water partition coefficient (Wildman–Crippen LogP) is 1.93.